The van der Waals surface area contributed by atoms with Gasteiger partial charge in [-0.1, -0.05) is 6.07 Å². The van der Waals surface area contributed by atoms with Crippen LogP contribution in [0.25, 0.3) is 0 Å². The van der Waals surface area contributed by atoms with Crippen LogP contribution in [0.5, 0.6) is 0 Å². The highest BCUT2D eigenvalue weighted by atomic mass is 19.4. The Kier molecular flexibility index (Phi) is 8.07. The lowest BCUT2D eigenvalue weighted by atomic mass is 10.1. The molecule has 1 aliphatic heterocycles. The Morgan fingerprint density at radius 3 is 2.41 bits per heavy atom. The molecule has 1 heterocycles. The summed E-state index contributed by atoms with van der Waals surface area (Å²) in [6.45, 7) is 7.16. The maximum atomic E-state index is 12.2. The summed E-state index contributed by atoms with van der Waals surface area (Å²) < 4.78 is 40.6. The number of carbonyl (C=O) groups is 1. The summed E-state index contributed by atoms with van der Waals surface area (Å²) in [6.07, 6.45) is -3.69. The van der Waals surface area contributed by atoms with Crippen molar-refractivity contribution in [2.24, 2.45) is 0 Å². The molecule has 1 fully saturated rings. The van der Waals surface area contributed by atoms with Gasteiger partial charge in [-0.05, 0) is 43.5 Å². The quantitative estimate of drug-likeness (QED) is 0.697. The predicted octanol–water partition coefficient (Wildman–Crippen LogP) is 2.83. The van der Waals surface area contributed by atoms with E-state index in [1.165, 1.54) is 5.56 Å². The van der Waals surface area contributed by atoms with Gasteiger partial charge in [-0.15, -0.1) is 0 Å². The van der Waals surface area contributed by atoms with Crippen LogP contribution in [0.1, 0.15) is 17.5 Å². The number of hydrogen-bond donors (Lipinski definition) is 1. The molecule has 0 bridgehead atoms. The maximum absolute atomic E-state index is 12.2. The Hall–Kier alpha value is -1.64. The Balaban J connectivity index is 1.61. The van der Waals surface area contributed by atoms with Crippen molar-refractivity contribution in [2.75, 3.05) is 57.8 Å². The highest BCUT2D eigenvalue weighted by Gasteiger charge is 2.27. The number of ether oxygens (including phenoxy) is 1. The fourth-order valence-corrected chi connectivity index (χ4v) is 2.97. The van der Waals surface area contributed by atoms with Crippen LogP contribution in [-0.2, 0) is 9.53 Å². The number of amides is 1. The first-order valence-electron chi connectivity index (χ1n) is 9.19. The molecule has 0 radical (unpaired) electrons. The first-order valence-corrected chi connectivity index (χ1v) is 9.19. The van der Waals surface area contributed by atoms with E-state index in [1.54, 1.807) is 0 Å². The normalized spacial score (nSPS) is 16.5. The molecule has 8 heteroatoms. The number of anilines is 1. The summed E-state index contributed by atoms with van der Waals surface area (Å²) in [5, 5.41) is 2.93. The first-order chi connectivity index (χ1) is 12.7. The number of benzene rings is 1. The molecule has 0 saturated carbocycles. The molecule has 1 aliphatic rings. The van der Waals surface area contributed by atoms with E-state index in [0.717, 1.165) is 37.4 Å². The average Bonchev–Trinajstić information content (AvgIpc) is 2.58. The van der Waals surface area contributed by atoms with Crippen molar-refractivity contribution >= 4 is 11.6 Å². The van der Waals surface area contributed by atoms with Crippen molar-refractivity contribution in [3.05, 3.63) is 29.3 Å². The lowest BCUT2D eigenvalue weighted by molar-refractivity contribution is -0.174. The minimum absolute atomic E-state index is 0.0350. The number of nitrogens with one attached hydrogen (secondary N) is 1. The highest BCUT2D eigenvalue weighted by Crippen LogP contribution is 2.15. The number of nitrogens with zero attached hydrogens (tertiary/aromatic N) is 2. The van der Waals surface area contributed by atoms with Crippen LogP contribution in [0.3, 0.4) is 0 Å². The molecular formula is C19H28F3N3O2. The van der Waals surface area contributed by atoms with Gasteiger partial charge >= 0.3 is 6.18 Å². The smallest absolute Gasteiger partial charge is 0.372 e. The molecule has 0 unspecified atom stereocenters. The summed E-state index contributed by atoms with van der Waals surface area (Å²) in [5.74, 6) is -0.0350. The second kappa shape index (κ2) is 10.1. The molecule has 1 N–H and O–H groups in total. The van der Waals surface area contributed by atoms with Gasteiger partial charge in [0.05, 0.1) is 6.54 Å². The van der Waals surface area contributed by atoms with Crippen LogP contribution in [0, 0.1) is 13.8 Å². The maximum Gasteiger partial charge on any atom is 0.411 e. The molecule has 1 aromatic rings. The van der Waals surface area contributed by atoms with E-state index in [4.69, 9.17) is 0 Å². The van der Waals surface area contributed by atoms with Crippen LogP contribution in [-0.4, -0.2) is 74.4 Å². The van der Waals surface area contributed by atoms with Gasteiger partial charge in [0.1, 0.15) is 6.61 Å². The highest BCUT2D eigenvalue weighted by molar-refractivity contribution is 5.92. The summed E-state index contributed by atoms with van der Waals surface area (Å²) in [6, 6.07) is 5.85. The molecule has 1 aromatic carbocycles. The fraction of sp³-hybridized carbons (Fsp3) is 0.632. The van der Waals surface area contributed by atoms with Gasteiger partial charge in [-0.3, -0.25) is 9.69 Å². The standard InChI is InChI=1S/C19H28F3N3O2/c1-15-4-5-17(12-16(15)2)23-18(26)13-25-9-7-24(8-10-25)6-3-11-27-14-19(20,21)22/h4-5,12H,3,6-11,13-14H2,1-2H3,(H,23,26). The largest absolute Gasteiger partial charge is 0.411 e. The van der Waals surface area contributed by atoms with Crippen molar-refractivity contribution in [1.82, 2.24) is 9.80 Å². The topological polar surface area (TPSA) is 44.8 Å². The van der Waals surface area contributed by atoms with Crippen LogP contribution in [0.2, 0.25) is 0 Å². The molecule has 5 nitrogen and oxygen atoms in total. The minimum Gasteiger partial charge on any atom is -0.372 e. The van der Waals surface area contributed by atoms with Gasteiger partial charge in [0.25, 0.3) is 0 Å². The van der Waals surface area contributed by atoms with E-state index < -0.39 is 12.8 Å². The molecule has 1 saturated heterocycles. The van der Waals surface area contributed by atoms with E-state index in [1.807, 2.05) is 32.0 Å². The van der Waals surface area contributed by atoms with E-state index in [-0.39, 0.29) is 12.5 Å². The number of rotatable bonds is 8. The fourth-order valence-electron chi connectivity index (χ4n) is 2.97. The van der Waals surface area contributed by atoms with Gasteiger partial charge in [-0.2, -0.15) is 13.2 Å². The van der Waals surface area contributed by atoms with Crippen molar-refractivity contribution in [2.45, 2.75) is 26.4 Å². The molecule has 0 spiro atoms. The summed E-state index contributed by atoms with van der Waals surface area (Å²) in [4.78, 5) is 16.5. The number of aryl methyl sites for hydroxylation is 2. The van der Waals surface area contributed by atoms with E-state index in [0.29, 0.717) is 19.5 Å². The van der Waals surface area contributed by atoms with Crippen molar-refractivity contribution in [1.29, 1.82) is 0 Å². The molecule has 0 atom stereocenters. The Morgan fingerprint density at radius 1 is 1.11 bits per heavy atom. The second-order valence-corrected chi connectivity index (χ2v) is 6.99. The van der Waals surface area contributed by atoms with Gasteiger partial charge in [-0.25, -0.2) is 0 Å². The van der Waals surface area contributed by atoms with Crippen molar-refractivity contribution in [3.63, 3.8) is 0 Å². The Bertz CT molecular complexity index is 615. The van der Waals surface area contributed by atoms with Crippen molar-refractivity contribution in [3.8, 4) is 0 Å². The third-order valence-electron chi connectivity index (χ3n) is 4.65. The first kappa shape index (κ1) is 21.7. The zero-order valence-electron chi connectivity index (χ0n) is 15.9. The second-order valence-electron chi connectivity index (χ2n) is 6.99. The van der Waals surface area contributed by atoms with E-state index in [2.05, 4.69) is 19.9 Å². The lowest BCUT2D eigenvalue weighted by Crippen LogP contribution is -2.48. The molecule has 0 aromatic heterocycles. The monoisotopic (exact) mass is 387 g/mol. The van der Waals surface area contributed by atoms with Gasteiger partial charge < -0.3 is 15.0 Å². The van der Waals surface area contributed by atoms with Crippen LogP contribution < -0.4 is 5.32 Å². The van der Waals surface area contributed by atoms with E-state index >= 15 is 0 Å². The zero-order valence-corrected chi connectivity index (χ0v) is 15.9. The molecule has 27 heavy (non-hydrogen) atoms. The Labute approximate surface area is 158 Å². The average molecular weight is 387 g/mol. The van der Waals surface area contributed by atoms with Crippen LogP contribution in [0.15, 0.2) is 18.2 Å². The van der Waals surface area contributed by atoms with Gasteiger partial charge in [0.15, 0.2) is 0 Å². The number of piperazine rings is 1. The molecule has 1 amide bonds. The third-order valence-corrected chi connectivity index (χ3v) is 4.65. The number of alkyl halides is 3. The van der Waals surface area contributed by atoms with E-state index in [9.17, 15) is 18.0 Å². The molecule has 0 aliphatic carbocycles. The van der Waals surface area contributed by atoms with Crippen LogP contribution in [0.4, 0.5) is 18.9 Å². The predicted molar refractivity (Wildman–Crippen MR) is 98.9 cm³/mol. The van der Waals surface area contributed by atoms with Crippen LogP contribution >= 0.6 is 0 Å². The lowest BCUT2D eigenvalue weighted by Gasteiger charge is -2.34. The summed E-state index contributed by atoms with van der Waals surface area (Å²) in [5.41, 5.74) is 3.13. The minimum atomic E-state index is -4.26. The van der Waals surface area contributed by atoms with Crippen molar-refractivity contribution < 1.29 is 22.7 Å². The number of carbonyl (C=O) groups excluding carboxylic acids is 1. The third kappa shape index (κ3) is 8.28. The number of halogens is 3. The number of hydrogen-bond acceptors (Lipinski definition) is 4. The summed E-state index contributed by atoms with van der Waals surface area (Å²) >= 11 is 0. The zero-order chi connectivity index (χ0) is 19.9. The van der Waals surface area contributed by atoms with Gasteiger partial charge in [0, 0.05) is 45.0 Å². The summed E-state index contributed by atoms with van der Waals surface area (Å²) in [7, 11) is 0. The molecule has 152 valence electrons. The van der Waals surface area contributed by atoms with Gasteiger partial charge in [0.2, 0.25) is 5.91 Å². The molecular weight excluding hydrogens is 359 g/mol. The SMILES string of the molecule is Cc1ccc(NC(=O)CN2CCN(CCCOCC(F)(F)F)CC2)cc1C. The molecule has 2 rings (SSSR count). The Morgan fingerprint density at radius 2 is 1.78 bits per heavy atom.